The van der Waals surface area contributed by atoms with Gasteiger partial charge in [-0.15, -0.1) is 0 Å². The predicted octanol–water partition coefficient (Wildman–Crippen LogP) is 7.28. The summed E-state index contributed by atoms with van der Waals surface area (Å²) in [5.41, 5.74) is 0.0181. The van der Waals surface area contributed by atoms with E-state index in [1.54, 1.807) is 24.3 Å². The Morgan fingerprint density at radius 1 is 0.909 bits per heavy atom. The number of β-lactam (4-membered cyclic amide) rings is 1. The van der Waals surface area contributed by atoms with E-state index in [4.69, 9.17) is 13.1 Å². The molecule has 0 radical (unpaired) electrons. The van der Waals surface area contributed by atoms with Crippen LogP contribution in [0.2, 0.25) is 18.1 Å². The van der Waals surface area contributed by atoms with Gasteiger partial charge in [-0.05, 0) is 61.0 Å². The van der Waals surface area contributed by atoms with Crippen molar-refractivity contribution in [2.24, 2.45) is 11.8 Å². The fourth-order valence-electron chi connectivity index (χ4n) is 5.41. The molecule has 0 saturated carbocycles. The molecule has 0 spiro atoms. The second-order valence-corrected chi connectivity index (χ2v) is 20.7. The standard InChI is InChI=1S/C34H40NO6PSSi/c1-24-29-28(22-23-39-44(5,6)34(2,3)4)32(36)35(29)30(33(37)41-43-27-20-14-9-15-21-27)31(24)40-42(38,25-16-10-7-11-17-25)26-18-12-8-13-19-26/h7-21,24,28-29H,22-23H2,1-6H3/t24-,28+,29-/m1/s1. The molecule has 1 saturated heterocycles. The van der Waals surface area contributed by atoms with Crippen LogP contribution in [0.3, 0.4) is 0 Å². The number of nitrogens with zero attached hydrogens (tertiary/aromatic N) is 1. The van der Waals surface area contributed by atoms with Crippen LogP contribution in [0.25, 0.3) is 0 Å². The molecule has 3 atom stereocenters. The van der Waals surface area contributed by atoms with Crippen molar-refractivity contribution in [3.8, 4) is 0 Å². The Morgan fingerprint density at radius 3 is 1.95 bits per heavy atom. The van der Waals surface area contributed by atoms with Gasteiger partial charge < -0.3 is 13.1 Å². The Hall–Kier alpha value is -3.10. The summed E-state index contributed by atoms with van der Waals surface area (Å²) >= 11 is 0.916. The molecule has 232 valence electrons. The number of amides is 1. The van der Waals surface area contributed by atoms with Gasteiger partial charge in [-0.25, -0.2) is 4.79 Å². The van der Waals surface area contributed by atoms with E-state index in [0.29, 0.717) is 23.6 Å². The summed E-state index contributed by atoms with van der Waals surface area (Å²) in [6.45, 7) is 13.3. The van der Waals surface area contributed by atoms with Gasteiger partial charge in [0.25, 0.3) is 0 Å². The van der Waals surface area contributed by atoms with E-state index in [1.165, 1.54) is 4.90 Å². The van der Waals surface area contributed by atoms with Crippen LogP contribution in [-0.4, -0.2) is 37.7 Å². The second-order valence-electron chi connectivity index (χ2n) is 12.8. The summed E-state index contributed by atoms with van der Waals surface area (Å²) in [7, 11) is -5.72. The maximum atomic E-state index is 14.9. The van der Waals surface area contributed by atoms with Crippen LogP contribution in [0.1, 0.15) is 34.1 Å². The normalized spacial score (nSPS) is 20.3. The zero-order valence-corrected chi connectivity index (χ0v) is 28.8. The molecular formula is C34H40NO6PSSi. The highest BCUT2D eigenvalue weighted by atomic mass is 32.2. The Morgan fingerprint density at radius 2 is 1.43 bits per heavy atom. The highest BCUT2D eigenvalue weighted by molar-refractivity contribution is 7.95. The second kappa shape index (κ2) is 12.7. The van der Waals surface area contributed by atoms with Gasteiger partial charge in [-0.2, -0.15) is 0 Å². The Bertz CT molecular complexity index is 1530. The summed E-state index contributed by atoms with van der Waals surface area (Å²) in [4.78, 5) is 29.7. The van der Waals surface area contributed by atoms with E-state index < -0.39 is 27.6 Å². The van der Waals surface area contributed by atoms with Crippen molar-refractivity contribution in [2.45, 2.75) is 63.2 Å². The van der Waals surface area contributed by atoms with E-state index in [-0.39, 0.29) is 34.4 Å². The third kappa shape index (κ3) is 6.20. The van der Waals surface area contributed by atoms with Crippen molar-refractivity contribution in [1.29, 1.82) is 0 Å². The van der Waals surface area contributed by atoms with Crippen molar-refractivity contribution in [1.82, 2.24) is 4.90 Å². The number of rotatable bonds is 11. The summed E-state index contributed by atoms with van der Waals surface area (Å²) in [6.07, 6.45) is 0.528. The number of benzene rings is 3. The van der Waals surface area contributed by atoms with E-state index in [2.05, 4.69) is 33.9 Å². The van der Waals surface area contributed by atoms with Gasteiger partial charge in [0.2, 0.25) is 5.91 Å². The predicted molar refractivity (Wildman–Crippen MR) is 177 cm³/mol. The van der Waals surface area contributed by atoms with Gasteiger partial charge >= 0.3 is 13.3 Å². The smallest absolute Gasteiger partial charge is 0.371 e. The molecule has 1 amide bonds. The minimum absolute atomic E-state index is 0.0181. The zero-order chi connectivity index (χ0) is 31.7. The maximum absolute atomic E-state index is 14.9. The number of carbonyl (C=O) groups is 2. The van der Waals surface area contributed by atoms with Crippen molar-refractivity contribution < 1.29 is 27.3 Å². The lowest BCUT2D eigenvalue weighted by atomic mass is 9.80. The van der Waals surface area contributed by atoms with Crippen molar-refractivity contribution in [3.63, 3.8) is 0 Å². The molecule has 3 aromatic rings. The Balaban J connectivity index is 1.47. The van der Waals surface area contributed by atoms with E-state index >= 15 is 0 Å². The SMILES string of the molecule is C[C@H]1C(OP(=O)(c2ccccc2)c2ccccc2)=C(C(=O)OSc2ccccc2)N2C(=O)[C@@H](CCO[Si](C)(C)C(C)(C)C)[C@@H]12. The average molecular weight is 650 g/mol. The largest absolute Gasteiger partial charge is 0.439 e. The van der Waals surface area contributed by atoms with E-state index in [1.807, 2.05) is 73.7 Å². The van der Waals surface area contributed by atoms with E-state index in [9.17, 15) is 14.2 Å². The molecule has 0 unspecified atom stereocenters. The fraction of sp³-hybridized carbons (Fsp3) is 0.353. The van der Waals surface area contributed by atoms with Crippen LogP contribution in [0.15, 0.2) is 107 Å². The third-order valence-corrected chi connectivity index (χ3v) is 16.6. The summed E-state index contributed by atoms with van der Waals surface area (Å²) in [5, 5.41) is 1.05. The monoisotopic (exact) mass is 649 g/mol. The lowest BCUT2D eigenvalue weighted by Crippen LogP contribution is -2.60. The maximum Gasteiger partial charge on any atom is 0.371 e. The quantitative estimate of drug-likeness (QED) is 0.0935. The van der Waals surface area contributed by atoms with Crippen LogP contribution < -0.4 is 10.6 Å². The van der Waals surface area contributed by atoms with Gasteiger partial charge in [0.1, 0.15) is 5.76 Å². The minimum Gasteiger partial charge on any atom is -0.439 e. The van der Waals surface area contributed by atoms with Crippen molar-refractivity contribution in [2.75, 3.05) is 6.61 Å². The minimum atomic E-state index is -3.72. The van der Waals surface area contributed by atoms with Gasteiger partial charge in [0.05, 0.1) is 34.6 Å². The molecule has 2 aliphatic heterocycles. The zero-order valence-electron chi connectivity index (χ0n) is 26.1. The van der Waals surface area contributed by atoms with Gasteiger partial charge in [-0.1, -0.05) is 82.3 Å². The van der Waals surface area contributed by atoms with Crippen LogP contribution >= 0.6 is 19.4 Å². The third-order valence-electron chi connectivity index (χ3n) is 8.93. The van der Waals surface area contributed by atoms with Crippen LogP contribution in [0.4, 0.5) is 0 Å². The number of hydrogen-bond acceptors (Lipinski definition) is 7. The number of hydrogen-bond donors (Lipinski definition) is 0. The number of carbonyl (C=O) groups excluding carboxylic acids is 2. The molecule has 2 aliphatic rings. The Kier molecular flexibility index (Phi) is 9.33. The molecule has 44 heavy (non-hydrogen) atoms. The highest BCUT2D eigenvalue weighted by Crippen LogP contribution is 2.55. The molecule has 0 aromatic heterocycles. The molecule has 0 N–H and O–H groups in total. The van der Waals surface area contributed by atoms with Crippen molar-refractivity contribution in [3.05, 3.63) is 102 Å². The lowest BCUT2D eigenvalue weighted by molar-refractivity contribution is -0.156. The first-order chi connectivity index (χ1) is 20.8. The molecule has 3 aromatic carbocycles. The molecule has 10 heteroatoms. The first kappa shape index (κ1) is 32.3. The molecule has 0 aliphatic carbocycles. The molecule has 1 fully saturated rings. The summed E-state index contributed by atoms with van der Waals surface area (Å²) in [5.74, 6) is -1.42. The van der Waals surface area contributed by atoms with Crippen molar-refractivity contribution >= 4 is 50.2 Å². The average Bonchev–Trinajstić information content (AvgIpc) is 3.26. The fourth-order valence-corrected chi connectivity index (χ4v) is 9.16. The van der Waals surface area contributed by atoms with Crippen LogP contribution in [0.5, 0.6) is 0 Å². The lowest BCUT2D eigenvalue weighted by Gasteiger charge is -2.45. The Labute approximate surface area is 265 Å². The molecule has 5 rings (SSSR count). The molecule has 7 nitrogen and oxygen atoms in total. The van der Waals surface area contributed by atoms with E-state index in [0.717, 1.165) is 16.9 Å². The molecule has 0 bridgehead atoms. The number of fused-ring (bicyclic) bond motifs is 1. The molecule has 2 heterocycles. The highest BCUT2D eigenvalue weighted by Gasteiger charge is 2.60. The molecular weight excluding hydrogens is 610 g/mol. The summed E-state index contributed by atoms with van der Waals surface area (Å²) < 4.78 is 33.5. The topological polar surface area (TPSA) is 82.1 Å². The summed E-state index contributed by atoms with van der Waals surface area (Å²) in [6, 6.07) is 26.9. The van der Waals surface area contributed by atoms with Gasteiger partial charge in [0, 0.05) is 17.4 Å². The van der Waals surface area contributed by atoms with Gasteiger partial charge in [-0.3, -0.25) is 14.3 Å². The van der Waals surface area contributed by atoms with Gasteiger partial charge in [0.15, 0.2) is 14.0 Å². The first-order valence-electron chi connectivity index (χ1n) is 14.9. The van der Waals surface area contributed by atoms with Crippen LogP contribution in [-0.2, 0) is 27.3 Å². The van der Waals surface area contributed by atoms with Crippen LogP contribution in [0, 0.1) is 11.8 Å². The first-order valence-corrected chi connectivity index (χ1v) is 20.2.